The SMILES string of the molecule is COc1cc(C(=O)O)cnc1N(OC(C)(C)C)C(=O)OC(C)(C)C. The number of hydrogen-bond donors (Lipinski definition) is 1. The van der Waals surface area contributed by atoms with Crippen LogP contribution in [0.2, 0.25) is 0 Å². The molecule has 0 aliphatic carbocycles. The molecule has 0 saturated carbocycles. The van der Waals surface area contributed by atoms with Gasteiger partial charge in [-0.3, -0.25) is 4.84 Å². The smallest absolute Gasteiger partial charge is 0.440 e. The minimum absolute atomic E-state index is 0.00618. The highest BCUT2D eigenvalue weighted by Gasteiger charge is 2.32. The quantitative estimate of drug-likeness (QED) is 0.840. The Kier molecular flexibility index (Phi) is 5.78. The van der Waals surface area contributed by atoms with Crippen molar-refractivity contribution in [3.05, 3.63) is 17.8 Å². The van der Waals surface area contributed by atoms with Gasteiger partial charge < -0.3 is 14.6 Å². The van der Waals surface area contributed by atoms with Crippen LogP contribution in [-0.4, -0.2) is 40.5 Å². The van der Waals surface area contributed by atoms with Crippen LogP contribution < -0.4 is 9.80 Å². The summed E-state index contributed by atoms with van der Waals surface area (Å²) in [4.78, 5) is 33.2. The van der Waals surface area contributed by atoms with Crippen molar-refractivity contribution < 1.29 is 29.0 Å². The first-order valence-corrected chi connectivity index (χ1v) is 7.33. The third-order valence-electron chi connectivity index (χ3n) is 2.42. The largest absolute Gasteiger partial charge is 0.493 e. The van der Waals surface area contributed by atoms with Gasteiger partial charge in [0.15, 0.2) is 5.75 Å². The minimum atomic E-state index is -1.16. The van der Waals surface area contributed by atoms with Gasteiger partial charge in [-0.15, -0.1) is 5.06 Å². The first-order valence-electron chi connectivity index (χ1n) is 7.33. The number of hydrogen-bond acceptors (Lipinski definition) is 6. The fourth-order valence-electron chi connectivity index (χ4n) is 1.60. The lowest BCUT2D eigenvalue weighted by molar-refractivity contribution is -0.0368. The molecular formula is C16H24N2O6. The van der Waals surface area contributed by atoms with Crippen LogP contribution >= 0.6 is 0 Å². The molecule has 8 heteroatoms. The Morgan fingerprint density at radius 2 is 1.71 bits per heavy atom. The van der Waals surface area contributed by atoms with Crippen LogP contribution in [0.1, 0.15) is 51.9 Å². The predicted molar refractivity (Wildman–Crippen MR) is 87.3 cm³/mol. The van der Waals surface area contributed by atoms with Gasteiger partial charge in [0, 0.05) is 12.3 Å². The van der Waals surface area contributed by atoms with Crippen molar-refractivity contribution in [2.75, 3.05) is 12.2 Å². The molecule has 0 radical (unpaired) electrons. The number of rotatable bonds is 4. The van der Waals surface area contributed by atoms with E-state index in [0.717, 1.165) is 11.3 Å². The van der Waals surface area contributed by atoms with Crippen LogP contribution in [0, 0.1) is 0 Å². The van der Waals surface area contributed by atoms with E-state index in [0.29, 0.717) is 0 Å². The molecule has 1 aromatic rings. The van der Waals surface area contributed by atoms with Crippen LogP contribution in [-0.2, 0) is 9.57 Å². The van der Waals surface area contributed by atoms with Crippen molar-refractivity contribution in [3.8, 4) is 5.75 Å². The van der Waals surface area contributed by atoms with Gasteiger partial charge in [0.1, 0.15) is 5.60 Å². The van der Waals surface area contributed by atoms with Gasteiger partial charge in [-0.05, 0) is 41.5 Å². The summed E-state index contributed by atoms with van der Waals surface area (Å²) in [5.41, 5.74) is -1.55. The van der Waals surface area contributed by atoms with E-state index in [9.17, 15) is 9.59 Å². The molecular weight excluding hydrogens is 316 g/mol. The maximum absolute atomic E-state index is 12.5. The molecule has 0 spiro atoms. The predicted octanol–water partition coefficient (Wildman–Crippen LogP) is 3.26. The number of pyridine rings is 1. The third kappa shape index (κ3) is 5.69. The van der Waals surface area contributed by atoms with E-state index in [1.165, 1.54) is 13.2 Å². The summed E-state index contributed by atoms with van der Waals surface area (Å²) >= 11 is 0. The molecule has 0 atom stereocenters. The zero-order valence-electron chi connectivity index (χ0n) is 15.0. The molecule has 8 nitrogen and oxygen atoms in total. The number of nitrogens with zero attached hydrogens (tertiary/aromatic N) is 2. The summed E-state index contributed by atoms with van der Waals surface area (Å²) in [5.74, 6) is -1.08. The molecule has 0 unspecified atom stereocenters. The molecule has 1 heterocycles. The number of methoxy groups -OCH3 is 1. The number of hydroxylamine groups is 1. The van der Waals surface area contributed by atoms with E-state index in [1.54, 1.807) is 41.5 Å². The highest BCUT2D eigenvalue weighted by Crippen LogP contribution is 2.30. The topological polar surface area (TPSA) is 98.2 Å². The minimum Gasteiger partial charge on any atom is -0.493 e. The second-order valence-corrected chi connectivity index (χ2v) is 7.03. The molecule has 1 aromatic heterocycles. The van der Waals surface area contributed by atoms with Crippen LogP contribution in [0.4, 0.5) is 10.6 Å². The van der Waals surface area contributed by atoms with Crippen LogP contribution in [0.25, 0.3) is 0 Å². The number of anilines is 1. The van der Waals surface area contributed by atoms with E-state index >= 15 is 0 Å². The molecule has 0 aliphatic heterocycles. The lowest BCUT2D eigenvalue weighted by Crippen LogP contribution is -2.42. The molecule has 24 heavy (non-hydrogen) atoms. The number of amides is 1. The van der Waals surface area contributed by atoms with Crippen LogP contribution in [0.15, 0.2) is 12.3 Å². The number of carbonyl (C=O) groups is 2. The molecule has 0 fully saturated rings. The first-order chi connectivity index (χ1) is 10.8. The van der Waals surface area contributed by atoms with Gasteiger partial charge in [0.05, 0.1) is 18.3 Å². The van der Waals surface area contributed by atoms with Crippen molar-refractivity contribution in [1.29, 1.82) is 0 Å². The fraction of sp³-hybridized carbons (Fsp3) is 0.562. The van der Waals surface area contributed by atoms with Crippen molar-refractivity contribution in [1.82, 2.24) is 4.98 Å². The average molecular weight is 340 g/mol. The number of carbonyl (C=O) groups excluding carboxylic acids is 1. The molecule has 1 amide bonds. The number of carboxylic acids is 1. The van der Waals surface area contributed by atoms with E-state index in [1.807, 2.05) is 0 Å². The van der Waals surface area contributed by atoms with Gasteiger partial charge >= 0.3 is 12.1 Å². The van der Waals surface area contributed by atoms with Crippen molar-refractivity contribution in [2.45, 2.75) is 52.7 Å². The first kappa shape index (κ1) is 19.7. The molecule has 134 valence electrons. The summed E-state index contributed by atoms with van der Waals surface area (Å²) in [7, 11) is 1.34. The highest BCUT2D eigenvalue weighted by atomic mass is 16.7. The standard InChI is InChI=1S/C16H24N2O6/c1-15(2,3)23-14(21)18(24-16(4,5)6)12-11(22-7)8-10(9-17-12)13(19)20/h8-9H,1-7H3,(H,19,20). The molecule has 0 saturated heterocycles. The van der Waals surface area contributed by atoms with Crippen LogP contribution in [0.3, 0.4) is 0 Å². The second kappa shape index (κ2) is 7.04. The molecule has 0 bridgehead atoms. The molecule has 1 N–H and O–H groups in total. The number of aromatic nitrogens is 1. The zero-order valence-corrected chi connectivity index (χ0v) is 15.0. The summed E-state index contributed by atoms with van der Waals surface area (Å²) in [6, 6.07) is 1.26. The summed E-state index contributed by atoms with van der Waals surface area (Å²) in [6.45, 7) is 10.4. The lowest BCUT2D eigenvalue weighted by atomic mass is 10.2. The van der Waals surface area contributed by atoms with Gasteiger partial charge in [-0.2, -0.15) is 0 Å². The van der Waals surface area contributed by atoms with Gasteiger partial charge in [0.2, 0.25) is 5.82 Å². The number of aromatic carboxylic acids is 1. The Balaban J connectivity index is 3.33. The normalized spacial score (nSPS) is 11.8. The van der Waals surface area contributed by atoms with Gasteiger partial charge in [-0.1, -0.05) is 0 Å². The Morgan fingerprint density at radius 1 is 1.12 bits per heavy atom. The fourth-order valence-corrected chi connectivity index (χ4v) is 1.60. The number of ether oxygens (including phenoxy) is 2. The van der Waals surface area contributed by atoms with E-state index in [-0.39, 0.29) is 17.1 Å². The molecule has 0 aliphatic rings. The van der Waals surface area contributed by atoms with Gasteiger partial charge in [0.25, 0.3) is 0 Å². The van der Waals surface area contributed by atoms with Gasteiger partial charge in [-0.25, -0.2) is 14.6 Å². The van der Waals surface area contributed by atoms with E-state index in [4.69, 9.17) is 19.4 Å². The van der Waals surface area contributed by atoms with E-state index in [2.05, 4.69) is 4.98 Å². The Labute approximate surface area is 141 Å². The monoisotopic (exact) mass is 340 g/mol. The Morgan fingerprint density at radius 3 is 2.12 bits per heavy atom. The summed E-state index contributed by atoms with van der Waals surface area (Å²) < 4.78 is 10.5. The Bertz CT molecular complexity index is 616. The zero-order chi connectivity index (χ0) is 18.7. The average Bonchev–Trinajstić information content (AvgIpc) is 2.41. The van der Waals surface area contributed by atoms with Crippen molar-refractivity contribution >= 4 is 17.9 Å². The number of carboxylic acid groups (broad SMARTS) is 1. The second-order valence-electron chi connectivity index (χ2n) is 7.03. The van der Waals surface area contributed by atoms with Crippen LogP contribution in [0.5, 0.6) is 5.75 Å². The lowest BCUT2D eigenvalue weighted by Gasteiger charge is -2.31. The third-order valence-corrected chi connectivity index (χ3v) is 2.42. The molecule has 0 aromatic carbocycles. The molecule has 1 rings (SSSR count). The maximum atomic E-state index is 12.5. The van der Waals surface area contributed by atoms with E-state index < -0.39 is 23.3 Å². The Hall–Kier alpha value is -2.35. The maximum Gasteiger partial charge on any atom is 0.440 e. The summed E-state index contributed by atoms with van der Waals surface area (Å²) in [5, 5.41) is 9.92. The summed E-state index contributed by atoms with van der Waals surface area (Å²) in [6.07, 6.45) is 0.329. The van der Waals surface area contributed by atoms with Crippen molar-refractivity contribution in [3.63, 3.8) is 0 Å². The highest BCUT2D eigenvalue weighted by molar-refractivity contribution is 5.90. The van der Waals surface area contributed by atoms with Crippen molar-refractivity contribution in [2.24, 2.45) is 0 Å².